The van der Waals surface area contributed by atoms with Gasteiger partial charge in [0.25, 0.3) is 0 Å². The maximum absolute atomic E-state index is 12.0. The summed E-state index contributed by atoms with van der Waals surface area (Å²) in [6.45, 7) is 3.01. The number of likely N-dealkylation sites (tertiary alicyclic amines) is 1. The molecule has 0 aromatic carbocycles. The molecule has 0 aromatic heterocycles. The van der Waals surface area contributed by atoms with E-state index in [1.54, 1.807) is 0 Å². The van der Waals surface area contributed by atoms with Crippen LogP contribution in [0, 0.1) is 5.41 Å². The molecule has 2 heterocycles. The molecule has 2 rings (SSSR count). The Bertz CT molecular complexity index is 412. The highest BCUT2D eigenvalue weighted by Crippen LogP contribution is 2.37. The predicted octanol–water partition coefficient (Wildman–Crippen LogP) is 0.450. The van der Waals surface area contributed by atoms with E-state index in [0.29, 0.717) is 0 Å². The third-order valence-electron chi connectivity index (χ3n) is 3.89. The quantitative estimate of drug-likeness (QED) is 0.750. The first-order valence-corrected chi connectivity index (χ1v) is 8.50. The van der Waals surface area contributed by atoms with Crippen molar-refractivity contribution >= 4 is 15.7 Å². The molecule has 1 spiro atoms. The summed E-state index contributed by atoms with van der Waals surface area (Å²) in [6, 6.07) is 0. The van der Waals surface area contributed by atoms with E-state index in [-0.39, 0.29) is 23.5 Å². The van der Waals surface area contributed by atoms with Crippen LogP contribution in [0.15, 0.2) is 0 Å². The number of carbonyl (C=O) groups is 1. The van der Waals surface area contributed by atoms with Crippen molar-refractivity contribution in [2.45, 2.75) is 25.7 Å². The van der Waals surface area contributed by atoms with Gasteiger partial charge in [0.05, 0.1) is 12.4 Å². The van der Waals surface area contributed by atoms with E-state index in [4.69, 9.17) is 4.74 Å². The third-order valence-corrected chi connectivity index (χ3v) is 4.83. The van der Waals surface area contributed by atoms with Gasteiger partial charge in [0, 0.05) is 37.8 Å². The maximum Gasteiger partial charge on any atom is 0.223 e. The minimum Gasteiger partial charge on any atom is -0.381 e. The molecule has 104 valence electrons. The van der Waals surface area contributed by atoms with Gasteiger partial charge in [0.2, 0.25) is 5.91 Å². The van der Waals surface area contributed by atoms with Gasteiger partial charge >= 0.3 is 0 Å². The smallest absolute Gasteiger partial charge is 0.223 e. The van der Waals surface area contributed by atoms with Crippen LogP contribution in [-0.4, -0.2) is 57.5 Å². The van der Waals surface area contributed by atoms with Crippen LogP contribution in [0.25, 0.3) is 0 Å². The molecule has 5 nitrogen and oxygen atoms in total. The molecule has 0 bridgehead atoms. The van der Waals surface area contributed by atoms with Crippen LogP contribution in [0.1, 0.15) is 25.7 Å². The van der Waals surface area contributed by atoms with Crippen molar-refractivity contribution in [3.05, 3.63) is 0 Å². The zero-order valence-corrected chi connectivity index (χ0v) is 11.7. The van der Waals surface area contributed by atoms with Crippen molar-refractivity contribution in [3.63, 3.8) is 0 Å². The standard InChI is InChI=1S/C12H21NO4S/c1-18(15,16)8-3-11(14)13-6-2-4-12(9-13)5-7-17-10-12/h2-10H2,1H3. The maximum atomic E-state index is 12.0. The number of sulfone groups is 1. The Morgan fingerprint density at radius 1 is 1.39 bits per heavy atom. The fourth-order valence-corrected chi connectivity index (χ4v) is 3.37. The monoisotopic (exact) mass is 275 g/mol. The molecule has 0 aliphatic carbocycles. The van der Waals surface area contributed by atoms with Gasteiger partial charge in [-0.15, -0.1) is 0 Å². The van der Waals surface area contributed by atoms with E-state index in [9.17, 15) is 13.2 Å². The summed E-state index contributed by atoms with van der Waals surface area (Å²) in [5, 5.41) is 0. The molecule has 0 radical (unpaired) electrons. The summed E-state index contributed by atoms with van der Waals surface area (Å²) in [5.74, 6) is -0.0855. The number of hydrogen-bond donors (Lipinski definition) is 0. The van der Waals surface area contributed by atoms with Gasteiger partial charge < -0.3 is 9.64 Å². The number of amides is 1. The SMILES string of the molecule is CS(=O)(=O)CCC(=O)N1CCCC2(CCOC2)C1. The Labute approximate surface area is 108 Å². The molecule has 2 fully saturated rings. The zero-order chi connectivity index (χ0) is 13.2. The van der Waals surface area contributed by atoms with Gasteiger partial charge in [-0.1, -0.05) is 0 Å². The van der Waals surface area contributed by atoms with E-state index >= 15 is 0 Å². The molecule has 1 unspecified atom stereocenters. The summed E-state index contributed by atoms with van der Waals surface area (Å²) in [4.78, 5) is 13.8. The molecule has 2 aliphatic heterocycles. The molecule has 6 heteroatoms. The van der Waals surface area contributed by atoms with E-state index in [1.807, 2.05) is 4.90 Å². The number of hydrogen-bond acceptors (Lipinski definition) is 4. The van der Waals surface area contributed by atoms with Crippen molar-refractivity contribution in [3.8, 4) is 0 Å². The van der Waals surface area contributed by atoms with Crippen LogP contribution < -0.4 is 0 Å². The highest BCUT2D eigenvalue weighted by atomic mass is 32.2. The van der Waals surface area contributed by atoms with Gasteiger partial charge in [-0.2, -0.15) is 0 Å². The number of rotatable bonds is 3. The molecule has 18 heavy (non-hydrogen) atoms. The van der Waals surface area contributed by atoms with Gasteiger partial charge in [-0.3, -0.25) is 4.79 Å². The summed E-state index contributed by atoms with van der Waals surface area (Å²) < 4.78 is 27.6. The normalized spacial score (nSPS) is 28.8. The van der Waals surface area contributed by atoms with Crippen molar-refractivity contribution in [1.82, 2.24) is 4.90 Å². The lowest BCUT2D eigenvalue weighted by Crippen LogP contribution is -2.46. The molecule has 2 saturated heterocycles. The van der Waals surface area contributed by atoms with Crippen LogP contribution in [0.2, 0.25) is 0 Å². The van der Waals surface area contributed by atoms with E-state index in [0.717, 1.165) is 45.6 Å². The van der Waals surface area contributed by atoms with Crippen LogP contribution >= 0.6 is 0 Å². The fraction of sp³-hybridized carbons (Fsp3) is 0.917. The number of carbonyl (C=O) groups excluding carboxylic acids is 1. The van der Waals surface area contributed by atoms with Crippen LogP contribution in [-0.2, 0) is 19.4 Å². The Balaban J connectivity index is 1.90. The van der Waals surface area contributed by atoms with Crippen LogP contribution in [0.3, 0.4) is 0 Å². The molecular formula is C12H21NO4S. The highest BCUT2D eigenvalue weighted by Gasteiger charge is 2.40. The van der Waals surface area contributed by atoms with Gasteiger partial charge in [-0.05, 0) is 19.3 Å². The minimum atomic E-state index is -3.06. The molecular weight excluding hydrogens is 254 g/mol. The number of piperidine rings is 1. The second-order valence-corrected chi connectivity index (χ2v) is 7.86. The van der Waals surface area contributed by atoms with Crippen LogP contribution in [0.4, 0.5) is 0 Å². The van der Waals surface area contributed by atoms with E-state index in [1.165, 1.54) is 6.26 Å². The lowest BCUT2D eigenvalue weighted by atomic mass is 9.79. The molecule has 1 atom stereocenters. The topological polar surface area (TPSA) is 63.7 Å². The Kier molecular flexibility index (Phi) is 3.96. The second-order valence-electron chi connectivity index (χ2n) is 5.60. The number of nitrogens with zero attached hydrogens (tertiary/aromatic N) is 1. The molecule has 2 aliphatic rings. The third kappa shape index (κ3) is 3.45. The predicted molar refractivity (Wildman–Crippen MR) is 68.0 cm³/mol. The lowest BCUT2D eigenvalue weighted by molar-refractivity contribution is -0.134. The van der Waals surface area contributed by atoms with Crippen molar-refractivity contribution in [2.75, 3.05) is 38.3 Å². The molecule has 1 amide bonds. The first-order valence-electron chi connectivity index (χ1n) is 6.44. The molecule has 0 N–H and O–H groups in total. The summed E-state index contributed by atoms with van der Waals surface area (Å²) in [7, 11) is -3.06. The van der Waals surface area contributed by atoms with Crippen molar-refractivity contribution < 1.29 is 17.9 Å². The van der Waals surface area contributed by atoms with E-state index < -0.39 is 9.84 Å². The lowest BCUT2D eigenvalue weighted by Gasteiger charge is -2.39. The van der Waals surface area contributed by atoms with Crippen LogP contribution in [0.5, 0.6) is 0 Å². The molecule has 0 aromatic rings. The summed E-state index contributed by atoms with van der Waals surface area (Å²) in [5.41, 5.74) is 0.138. The summed E-state index contributed by atoms with van der Waals surface area (Å²) in [6.07, 6.45) is 4.40. The van der Waals surface area contributed by atoms with E-state index in [2.05, 4.69) is 0 Å². The van der Waals surface area contributed by atoms with Gasteiger partial charge in [0.1, 0.15) is 9.84 Å². The highest BCUT2D eigenvalue weighted by molar-refractivity contribution is 7.90. The minimum absolute atomic E-state index is 0.0357. The average molecular weight is 275 g/mol. The zero-order valence-electron chi connectivity index (χ0n) is 10.9. The summed E-state index contributed by atoms with van der Waals surface area (Å²) >= 11 is 0. The Morgan fingerprint density at radius 2 is 2.17 bits per heavy atom. The Hall–Kier alpha value is -0.620. The number of ether oxygens (including phenoxy) is 1. The van der Waals surface area contributed by atoms with Crippen molar-refractivity contribution in [2.24, 2.45) is 5.41 Å². The Morgan fingerprint density at radius 3 is 2.78 bits per heavy atom. The fourth-order valence-electron chi connectivity index (χ4n) is 2.82. The first-order chi connectivity index (χ1) is 8.40. The average Bonchev–Trinajstić information content (AvgIpc) is 2.73. The van der Waals surface area contributed by atoms with Gasteiger partial charge in [-0.25, -0.2) is 8.42 Å². The second kappa shape index (κ2) is 5.17. The largest absolute Gasteiger partial charge is 0.381 e. The first kappa shape index (κ1) is 13.8. The van der Waals surface area contributed by atoms with Gasteiger partial charge in [0.15, 0.2) is 0 Å². The molecule has 0 saturated carbocycles. The van der Waals surface area contributed by atoms with Crippen molar-refractivity contribution in [1.29, 1.82) is 0 Å².